The average Bonchev–Trinajstić information content (AvgIpc) is 2.35. The lowest BCUT2D eigenvalue weighted by Crippen LogP contribution is -2.29. The first kappa shape index (κ1) is 16.5. The Labute approximate surface area is 120 Å². The van der Waals surface area contributed by atoms with Crippen LogP contribution < -0.4 is 9.46 Å². The van der Waals surface area contributed by atoms with Crippen LogP contribution in [0.2, 0.25) is 0 Å². The first-order valence-electron chi connectivity index (χ1n) is 6.63. The predicted octanol–water partition coefficient (Wildman–Crippen LogP) is 1.87. The fourth-order valence-electron chi connectivity index (χ4n) is 1.68. The second-order valence-electron chi connectivity index (χ2n) is 4.64. The van der Waals surface area contributed by atoms with E-state index in [1.54, 1.807) is 0 Å². The van der Waals surface area contributed by atoms with Crippen LogP contribution in [-0.4, -0.2) is 27.2 Å². The van der Waals surface area contributed by atoms with Gasteiger partial charge in [-0.05, 0) is 37.0 Å². The van der Waals surface area contributed by atoms with E-state index in [2.05, 4.69) is 6.92 Å². The predicted molar refractivity (Wildman–Crippen MR) is 78.2 cm³/mol. The topological polar surface area (TPSA) is 72.5 Å². The quantitative estimate of drug-likeness (QED) is 0.795. The maximum absolute atomic E-state index is 11.3. The average molecular weight is 299 g/mol. The van der Waals surface area contributed by atoms with Crippen LogP contribution >= 0.6 is 0 Å². The fraction of sp³-hybridized carbons (Fsp3) is 0.500. The van der Waals surface area contributed by atoms with Crippen molar-refractivity contribution in [2.75, 3.05) is 12.9 Å². The lowest BCUT2D eigenvalue weighted by atomic mass is 10.1. The van der Waals surface area contributed by atoms with Gasteiger partial charge in [0.05, 0.1) is 12.9 Å². The van der Waals surface area contributed by atoms with Crippen molar-refractivity contribution in [1.29, 1.82) is 0 Å². The molecule has 0 radical (unpaired) electrons. The van der Waals surface area contributed by atoms with Gasteiger partial charge in [0.2, 0.25) is 15.9 Å². The molecule has 0 bridgehead atoms. The third-order valence-electron chi connectivity index (χ3n) is 2.56. The maximum Gasteiger partial charge on any atom is 0.233 e. The molecular formula is C14H21NO4S. The molecule has 0 spiro atoms. The summed E-state index contributed by atoms with van der Waals surface area (Å²) < 4.78 is 29.1. The number of rotatable bonds is 8. The number of sulfonamides is 1. The Morgan fingerprint density at radius 2 is 1.90 bits per heavy atom. The van der Waals surface area contributed by atoms with Crippen LogP contribution in [0.5, 0.6) is 5.75 Å². The van der Waals surface area contributed by atoms with E-state index in [0.29, 0.717) is 13.0 Å². The molecule has 1 amide bonds. The minimum Gasteiger partial charge on any atom is -0.494 e. The molecular weight excluding hydrogens is 278 g/mol. The molecule has 0 heterocycles. The van der Waals surface area contributed by atoms with Crippen molar-refractivity contribution in [1.82, 2.24) is 4.72 Å². The smallest absolute Gasteiger partial charge is 0.233 e. The van der Waals surface area contributed by atoms with Crippen LogP contribution in [-0.2, 0) is 21.2 Å². The van der Waals surface area contributed by atoms with Gasteiger partial charge in [-0.1, -0.05) is 19.1 Å². The van der Waals surface area contributed by atoms with Gasteiger partial charge in [0.25, 0.3) is 0 Å². The van der Waals surface area contributed by atoms with Crippen LogP contribution in [0.15, 0.2) is 24.3 Å². The van der Waals surface area contributed by atoms with Gasteiger partial charge in [-0.15, -0.1) is 0 Å². The van der Waals surface area contributed by atoms with Crippen molar-refractivity contribution in [2.24, 2.45) is 0 Å². The monoisotopic (exact) mass is 299 g/mol. The number of aryl methyl sites for hydroxylation is 1. The lowest BCUT2D eigenvalue weighted by molar-refractivity contribution is -0.119. The molecule has 20 heavy (non-hydrogen) atoms. The molecule has 0 aromatic heterocycles. The van der Waals surface area contributed by atoms with E-state index in [-0.39, 0.29) is 6.42 Å². The zero-order valence-corrected chi connectivity index (χ0v) is 12.7. The third-order valence-corrected chi connectivity index (χ3v) is 3.16. The summed E-state index contributed by atoms with van der Waals surface area (Å²) in [5.41, 5.74) is 1.10. The molecule has 0 fully saturated rings. The molecule has 0 saturated heterocycles. The van der Waals surface area contributed by atoms with Gasteiger partial charge >= 0.3 is 0 Å². The SMILES string of the molecule is CCCOc1ccc(CCCC(=O)NS(C)(=O)=O)cc1. The van der Waals surface area contributed by atoms with Crippen molar-refractivity contribution in [3.05, 3.63) is 29.8 Å². The van der Waals surface area contributed by atoms with Crippen LogP contribution in [0.1, 0.15) is 31.7 Å². The van der Waals surface area contributed by atoms with Crippen LogP contribution in [0.4, 0.5) is 0 Å². The molecule has 0 aliphatic rings. The van der Waals surface area contributed by atoms with E-state index in [9.17, 15) is 13.2 Å². The molecule has 0 aliphatic heterocycles. The summed E-state index contributed by atoms with van der Waals surface area (Å²) in [5.74, 6) is 0.376. The van der Waals surface area contributed by atoms with E-state index >= 15 is 0 Å². The fourth-order valence-corrected chi connectivity index (χ4v) is 2.20. The minimum atomic E-state index is -3.45. The molecule has 1 aromatic rings. The number of carbonyl (C=O) groups excluding carboxylic acids is 1. The summed E-state index contributed by atoms with van der Waals surface area (Å²) in [5, 5.41) is 0. The van der Waals surface area contributed by atoms with Gasteiger partial charge in [0.15, 0.2) is 0 Å². The number of nitrogens with one attached hydrogen (secondary N) is 1. The molecule has 0 saturated carbocycles. The number of amides is 1. The van der Waals surface area contributed by atoms with E-state index in [1.165, 1.54) is 0 Å². The second-order valence-corrected chi connectivity index (χ2v) is 6.39. The highest BCUT2D eigenvalue weighted by atomic mass is 32.2. The zero-order valence-electron chi connectivity index (χ0n) is 11.9. The first-order valence-corrected chi connectivity index (χ1v) is 8.52. The summed E-state index contributed by atoms with van der Waals surface area (Å²) in [6.45, 7) is 2.75. The van der Waals surface area contributed by atoms with Crippen molar-refractivity contribution in [3.8, 4) is 5.75 Å². The van der Waals surface area contributed by atoms with Gasteiger partial charge in [0.1, 0.15) is 5.75 Å². The van der Waals surface area contributed by atoms with Crippen molar-refractivity contribution in [3.63, 3.8) is 0 Å². The van der Waals surface area contributed by atoms with E-state index in [4.69, 9.17) is 4.74 Å². The Hall–Kier alpha value is -1.56. The molecule has 0 aliphatic carbocycles. The molecule has 1 aromatic carbocycles. The van der Waals surface area contributed by atoms with Crippen molar-refractivity contribution in [2.45, 2.75) is 32.6 Å². The summed E-state index contributed by atoms with van der Waals surface area (Å²) in [7, 11) is -3.45. The Morgan fingerprint density at radius 1 is 1.25 bits per heavy atom. The standard InChI is InChI=1S/C14H21NO4S/c1-3-11-19-13-9-7-12(8-10-13)5-4-6-14(16)15-20(2,17)18/h7-10H,3-6,11H2,1-2H3,(H,15,16). The molecule has 0 unspecified atom stereocenters. The summed E-state index contributed by atoms with van der Waals surface area (Å²) in [6, 6.07) is 7.72. The van der Waals surface area contributed by atoms with Crippen LogP contribution in [0.25, 0.3) is 0 Å². The molecule has 6 heteroatoms. The number of hydrogen-bond donors (Lipinski definition) is 1. The summed E-state index contributed by atoms with van der Waals surface area (Å²) >= 11 is 0. The third kappa shape index (κ3) is 7.13. The van der Waals surface area contributed by atoms with E-state index in [0.717, 1.165) is 30.4 Å². The Morgan fingerprint density at radius 3 is 2.45 bits per heavy atom. The number of hydrogen-bond acceptors (Lipinski definition) is 4. The highest BCUT2D eigenvalue weighted by Crippen LogP contribution is 2.14. The highest BCUT2D eigenvalue weighted by molar-refractivity contribution is 7.89. The molecule has 1 rings (SSSR count). The van der Waals surface area contributed by atoms with E-state index in [1.807, 2.05) is 29.0 Å². The summed E-state index contributed by atoms with van der Waals surface area (Å²) in [4.78, 5) is 11.3. The Balaban J connectivity index is 2.33. The molecule has 0 atom stereocenters. The van der Waals surface area contributed by atoms with Gasteiger partial charge in [0, 0.05) is 6.42 Å². The largest absolute Gasteiger partial charge is 0.494 e. The Bertz CT molecular complexity index is 523. The molecule has 5 nitrogen and oxygen atoms in total. The second kappa shape index (κ2) is 7.89. The van der Waals surface area contributed by atoms with Gasteiger partial charge < -0.3 is 4.74 Å². The van der Waals surface area contributed by atoms with Crippen LogP contribution in [0, 0.1) is 0 Å². The van der Waals surface area contributed by atoms with Gasteiger partial charge in [-0.25, -0.2) is 8.42 Å². The van der Waals surface area contributed by atoms with E-state index < -0.39 is 15.9 Å². The number of ether oxygens (including phenoxy) is 1. The van der Waals surface area contributed by atoms with Crippen LogP contribution in [0.3, 0.4) is 0 Å². The van der Waals surface area contributed by atoms with Gasteiger partial charge in [-0.2, -0.15) is 0 Å². The minimum absolute atomic E-state index is 0.196. The number of benzene rings is 1. The van der Waals surface area contributed by atoms with Crippen molar-refractivity contribution < 1.29 is 17.9 Å². The lowest BCUT2D eigenvalue weighted by Gasteiger charge is -2.06. The zero-order chi connectivity index (χ0) is 15.0. The number of carbonyl (C=O) groups is 1. The normalized spacial score (nSPS) is 11.1. The highest BCUT2D eigenvalue weighted by Gasteiger charge is 2.07. The summed E-state index contributed by atoms with van der Waals surface area (Å²) in [6.07, 6.45) is 3.47. The molecule has 112 valence electrons. The van der Waals surface area contributed by atoms with Gasteiger partial charge in [-0.3, -0.25) is 9.52 Å². The Kier molecular flexibility index (Phi) is 6.51. The maximum atomic E-state index is 11.3. The molecule has 1 N–H and O–H groups in total. The van der Waals surface area contributed by atoms with Crippen molar-refractivity contribution >= 4 is 15.9 Å². The first-order chi connectivity index (χ1) is 9.40.